The van der Waals surface area contributed by atoms with Crippen LogP contribution >= 0.6 is 11.8 Å². The Morgan fingerprint density at radius 2 is 2.12 bits per heavy atom. The third-order valence-corrected chi connectivity index (χ3v) is 3.02. The van der Waals surface area contributed by atoms with Crippen molar-refractivity contribution in [3.8, 4) is 0 Å². The van der Waals surface area contributed by atoms with Crippen molar-refractivity contribution in [1.82, 2.24) is 9.97 Å². The quantitative estimate of drug-likeness (QED) is 0.434. The van der Waals surface area contributed by atoms with Gasteiger partial charge in [-0.15, -0.1) is 0 Å². The fourth-order valence-electron chi connectivity index (χ4n) is 1.20. The molecule has 0 fully saturated rings. The van der Waals surface area contributed by atoms with Gasteiger partial charge in [0.15, 0.2) is 5.16 Å². The lowest BCUT2D eigenvalue weighted by atomic mass is 10.2. The van der Waals surface area contributed by atoms with Crippen molar-refractivity contribution in [3.05, 3.63) is 18.5 Å². The number of thioether (sulfide) groups is 1. The molecule has 0 saturated carbocycles. The average Bonchev–Trinajstić information content (AvgIpc) is 2.30. The number of nitrogens with zero attached hydrogens (tertiary/aromatic N) is 2. The number of aromatic nitrogens is 2. The van der Waals surface area contributed by atoms with Gasteiger partial charge in [0.25, 0.3) is 0 Å². The SMILES string of the molecule is CCCC(Sc1ncccn1)C(=O)OCC. The number of carbonyl (C=O) groups is 1. The number of ether oxygens (including phenoxy) is 1. The largest absolute Gasteiger partial charge is 0.465 e. The van der Waals surface area contributed by atoms with Crippen LogP contribution < -0.4 is 0 Å². The summed E-state index contributed by atoms with van der Waals surface area (Å²) in [7, 11) is 0. The Balaban J connectivity index is 2.60. The van der Waals surface area contributed by atoms with E-state index in [1.165, 1.54) is 11.8 Å². The third kappa shape index (κ3) is 4.18. The lowest BCUT2D eigenvalue weighted by Crippen LogP contribution is -2.20. The van der Waals surface area contributed by atoms with Crippen LogP contribution in [-0.4, -0.2) is 27.8 Å². The second kappa shape index (κ2) is 7.22. The summed E-state index contributed by atoms with van der Waals surface area (Å²) < 4.78 is 5.01. The molecule has 16 heavy (non-hydrogen) atoms. The Hall–Kier alpha value is -1.10. The molecule has 0 aliphatic heterocycles. The number of rotatable bonds is 6. The van der Waals surface area contributed by atoms with Gasteiger partial charge in [-0.1, -0.05) is 25.1 Å². The number of carbonyl (C=O) groups excluding carboxylic acids is 1. The van der Waals surface area contributed by atoms with Gasteiger partial charge in [-0.25, -0.2) is 9.97 Å². The summed E-state index contributed by atoms with van der Waals surface area (Å²) >= 11 is 1.36. The van der Waals surface area contributed by atoms with Crippen LogP contribution in [0.1, 0.15) is 26.7 Å². The normalized spacial score (nSPS) is 12.1. The number of hydrogen-bond acceptors (Lipinski definition) is 5. The lowest BCUT2D eigenvalue weighted by Gasteiger charge is -2.12. The Morgan fingerprint density at radius 3 is 2.69 bits per heavy atom. The van der Waals surface area contributed by atoms with E-state index in [9.17, 15) is 4.79 Å². The zero-order valence-corrected chi connectivity index (χ0v) is 10.4. The predicted octanol–water partition coefficient (Wildman–Crippen LogP) is 2.30. The van der Waals surface area contributed by atoms with E-state index >= 15 is 0 Å². The molecule has 0 aliphatic carbocycles. The van der Waals surface area contributed by atoms with Crippen molar-refractivity contribution in [3.63, 3.8) is 0 Å². The topological polar surface area (TPSA) is 52.1 Å². The number of hydrogen-bond donors (Lipinski definition) is 0. The first-order valence-corrected chi connectivity index (χ1v) is 6.26. The summed E-state index contributed by atoms with van der Waals surface area (Å²) in [4.78, 5) is 19.8. The molecule has 1 atom stereocenters. The molecule has 0 radical (unpaired) electrons. The smallest absolute Gasteiger partial charge is 0.319 e. The summed E-state index contributed by atoms with van der Waals surface area (Å²) in [6, 6.07) is 1.75. The summed E-state index contributed by atoms with van der Waals surface area (Å²) in [5, 5.41) is 0.418. The van der Waals surface area contributed by atoms with E-state index in [2.05, 4.69) is 9.97 Å². The molecule has 88 valence electrons. The van der Waals surface area contributed by atoms with Gasteiger partial charge in [-0.2, -0.15) is 0 Å². The minimum Gasteiger partial charge on any atom is -0.465 e. The van der Waals surface area contributed by atoms with E-state index < -0.39 is 0 Å². The monoisotopic (exact) mass is 240 g/mol. The Bertz CT molecular complexity index is 319. The molecule has 0 bridgehead atoms. The molecule has 5 heteroatoms. The van der Waals surface area contributed by atoms with Crippen LogP contribution in [0.2, 0.25) is 0 Å². The molecule has 0 N–H and O–H groups in total. The molecule has 0 aliphatic rings. The number of esters is 1. The van der Waals surface area contributed by atoms with Gasteiger partial charge >= 0.3 is 5.97 Å². The fraction of sp³-hybridized carbons (Fsp3) is 0.545. The first-order chi connectivity index (χ1) is 7.77. The van der Waals surface area contributed by atoms with Crippen molar-refractivity contribution in [2.45, 2.75) is 37.1 Å². The van der Waals surface area contributed by atoms with Gasteiger partial charge in [0.1, 0.15) is 5.25 Å². The molecule has 1 aromatic heterocycles. The minimum atomic E-state index is -0.202. The van der Waals surface area contributed by atoms with Crippen LogP contribution in [0.3, 0.4) is 0 Å². The van der Waals surface area contributed by atoms with Gasteiger partial charge < -0.3 is 4.74 Å². The van der Waals surface area contributed by atoms with E-state index in [0.717, 1.165) is 12.8 Å². The highest BCUT2D eigenvalue weighted by molar-refractivity contribution is 8.00. The van der Waals surface area contributed by atoms with Crippen LogP contribution in [0.25, 0.3) is 0 Å². The molecule has 0 saturated heterocycles. The molecule has 1 rings (SSSR count). The van der Waals surface area contributed by atoms with Crippen molar-refractivity contribution in [2.24, 2.45) is 0 Å². The zero-order valence-electron chi connectivity index (χ0n) is 9.55. The third-order valence-electron chi connectivity index (χ3n) is 1.89. The van der Waals surface area contributed by atoms with Gasteiger partial charge in [0, 0.05) is 12.4 Å². The highest BCUT2D eigenvalue weighted by Crippen LogP contribution is 2.23. The zero-order chi connectivity index (χ0) is 11.8. The van der Waals surface area contributed by atoms with Crippen LogP contribution in [0.4, 0.5) is 0 Å². The molecule has 1 unspecified atom stereocenters. The summed E-state index contributed by atoms with van der Waals surface area (Å²) in [5.74, 6) is -0.179. The van der Waals surface area contributed by atoms with Crippen LogP contribution in [-0.2, 0) is 9.53 Å². The van der Waals surface area contributed by atoms with Gasteiger partial charge in [-0.05, 0) is 19.4 Å². The maximum absolute atomic E-state index is 11.6. The molecular weight excluding hydrogens is 224 g/mol. The second-order valence-electron chi connectivity index (χ2n) is 3.18. The van der Waals surface area contributed by atoms with Crippen LogP contribution in [0.15, 0.2) is 23.6 Å². The van der Waals surface area contributed by atoms with E-state index in [1.54, 1.807) is 18.5 Å². The van der Waals surface area contributed by atoms with Crippen molar-refractivity contribution < 1.29 is 9.53 Å². The van der Waals surface area contributed by atoms with Crippen molar-refractivity contribution in [2.75, 3.05) is 6.61 Å². The summed E-state index contributed by atoms with van der Waals surface area (Å²) in [5.41, 5.74) is 0. The molecule has 1 heterocycles. The maximum Gasteiger partial charge on any atom is 0.319 e. The van der Waals surface area contributed by atoms with Gasteiger partial charge in [0.2, 0.25) is 0 Å². The maximum atomic E-state index is 11.6. The fourth-order valence-corrected chi connectivity index (χ4v) is 2.21. The summed E-state index contributed by atoms with van der Waals surface area (Å²) in [6.07, 6.45) is 5.05. The van der Waals surface area contributed by atoms with E-state index in [-0.39, 0.29) is 11.2 Å². The van der Waals surface area contributed by atoms with E-state index in [1.807, 2.05) is 13.8 Å². The lowest BCUT2D eigenvalue weighted by molar-refractivity contribution is -0.142. The molecule has 1 aromatic rings. The average molecular weight is 240 g/mol. The Morgan fingerprint density at radius 1 is 1.44 bits per heavy atom. The van der Waals surface area contributed by atoms with Gasteiger partial charge in [-0.3, -0.25) is 4.79 Å². The Kier molecular flexibility index (Phi) is 5.85. The highest BCUT2D eigenvalue weighted by atomic mass is 32.2. The molecule has 4 nitrogen and oxygen atoms in total. The first-order valence-electron chi connectivity index (χ1n) is 5.38. The first kappa shape index (κ1) is 13.0. The second-order valence-corrected chi connectivity index (χ2v) is 4.35. The molecular formula is C11H16N2O2S. The molecule has 0 spiro atoms. The van der Waals surface area contributed by atoms with Crippen molar-refractivity contribution in [1.29, 1.82) is 0 Å². The highest BCUT2D eigenvalue weighted by Gasteiger charge is 2.21. The van der Waals surface area contributed by atoms with E-state index in [0.29, 0.717) is 11.8 Å². The van der Waals surface area contributed by atoms with Crippen molar-refractivity contribution >= 4 is 17.7 Å². The van der Waals surface area contributed by atoms with E-state index in [4.69, 9.17) is 4.74 Å². The van der Waals surface area contributed by atoms with Crippen LogP contribution in [0.5, 0.6) is 0 Å². The molecule has 0 amide bonds. The summed E-state index contributed by atoms with van der Waals surface area (Å²) in [6.45, 7) is 4.26. The van der Waals surface area contributed by atoms with Crippen LogP contribution in [0, 0.1) is 0 Å². The standard InChI is InChI=1S/C11H16N2O2S/c1-3-6-9(10(14)15-4-2)16-11-12-7-5-8-13-11/h5,7-9H,3-4,6H2,1-2H3. The molecule has 0 aromatic carbocycles. The predicted molar refractivity (Wildman–Crippen MR) is 63.2 cm³/mol. The Labute approximate surface area is 99.8 Å². The minimum absolute atomic E-state index is 0.179. The van der Waals surface area contributed by atoms with Gasteiger partial charge in [0.05, 0.1) is 6.61 Å².